The lowest BCUT2D eigenvalue weighted by atomic mass is 10.2. The summed E-state index contributed by atoms with van der Waals surface area (Å²) in [7, 11) is -3.72. The summed E-state index contributed by atoms with van der Waals surface area (Å²) in [5, 5.41) is 10.7. The molecule has 12 heteroatoms. The third-order valence-corrected chi connectivity index (χ3v) is 8.10. The van der Waals surface area contributed by atoms with E-state index in [1.54, 1.807) is 17.0 Å². The molecule has 1 aromatic heterocycles. The van der Waals surface area contributed by atoms with Crippen molar-refractivity contribution in [2.75, 3.05) is 32.8 Å². The van der Waals surface area contributed by atoms with Gasteiger partial charge in [-0.15, -0.1) is 11.3 Å². The van der Waals surface area contributed by atoms with Gasteiger partial charge in [0.25, 0.3) is 0 Å². The van der Waals surface area contributed by atoms with Crippen LogP contribution in [0.2, 0.25) is 0 Å². The number of benzene rings is 1. The topological polar surface area (TPSA) is 122 Å². The first kappa shape index (κ1) is 22.1. The quantitative estimate of drug-likeness (QED) is 0.451. The molecule has 2 saturated heterocycles. The van der Waals surface area contributed by atoms with Crippen molar-refractivity contribution >= 4 is 39.2 Å². The molecule has 32 heavy (non-hydrogen) atoms. The van der Waals surface area contributed by atoms with Crippen LogP contribution in [0, 0.1) is 11.3 Å². The fourth-order valence-electron chi connectivity index (χ4n) is 3.53. The lowest BCUT2D eigenvalue weighted by Gasteiger charge is -2.35. The van der Waals surface area contributed by atoms with Gasteiger partial charge in [-0.1, -0.05) is 6.07 Å². The summed E-state index contributed by atoms with van der Waals surface area (Å²) in [6, 6.07) is 10.6. The number of thiophene rings is 1. The van der Waals surface area contributed by atoms with E-state index in [1.165, 1.54) is 39.9 Å². The second kappa shape index (κ2) is 8.79. The molecule has 10 nitrogen and oxygen atoms in total. The van der Waals surface area contributed by atoms with Crippen LogP contribution >= 0.6 is 11.3 Å². The van der Waals surface area contributed by atoms with Gasteiger partial charge in [-0.2, -0.15) is 9.57 Å². The molecular weight excluding hydrogens is 454 g/mol. The third-order valence-electron chi connectivity index (χ3n) is 5.32. The van der Waals surface area contributed by atoms with Gasteiger partial charge in [0.1, 0.15) is 0 Å². The van der Waals surface area contributed by atoms with Gasteiger partial charge >= 0.3 is 17.8 Å². The molecule has 0 unspecified atom stereocenters. The number of nitrogens with zero attached hydrogens (tertiary/aromatic N) is 5. The molecule has 2 aromatic rings. The summed E-state index contributed by atoms with van der Waals surface area (Å²) in [4.78, 5) is 41.8. The Morgan fingerprint density at radius 1 is 0.938 bits per heavy atom. The summed E-state index contributed by atoms with van der Waals surface area (Å²) in [5.74, 6) is -1.73. The smallest absolute Gasteiger partial charge is 0.283 e. The van der Waals surface area contributed by atoms with Gasteiger partial charge in [0.15, 0.2) is 0 Å². The number of hydrogen-bond acceptors (Lipinski definition) is 8. The maximum Gasteiger partial charge on any atom is 0.335 e. The Morgan fingerprint density at radius 2 is 1.59 bits per heavy atom. The summed E-state index contributed by atoms with van der Waals surface area (Å²) >= 11 is 1.39. The number of amides is 4. The molecule has 0 bridgehead atoms. The normalized spacial score (nSPS) is 18.4. The second-order valence-corrected chi connectivity index (χ2v) is 10.3. The van der Waals surface area contributed by atoms with Gasteiger partial charge in [-0.25, -0.2) is 18.1 Å². The van der Waals surface area contributed by atoms with Crippen molar-refractivity contribution in [2.24, 2.45) is 0 Å². The molecule has 0 aliphatic carbocycles. The molecule has 2 aliphatic heterocycles. The highest BCUT2D eigenvalue weighted by atomic mass is 32.2. The number of rotatable bonds is 6. The van der Waals surface area contributed by atoms with Crippen LogP contribution in [-0.4, -0.2) is 78.1 Å². The van der Waals surface area contributed by atoms with Crippen molar-refractivity contribution < 1.29 is 22.8 Å². The highest BCUT2D eigenvalue weighted by Crippen LogP contribution is 2.21. The Bertz CT molecular complexity index is 1180. The summed E-state index contributed by atoms with van der Waals surface area (Å²) in [6.07, 6.45) is 0. The number of sulfonamides is 1. The van der Waals surface area contributed by atoms with Crippen LogP contribution in [0.3, 0.4) is 0 Å². The van der Waals surface area contributed by atoms with Gasteiger partial charge in [-0.05, 0) is 35.7 Å². The molecule has 4 rings (SSSR count). The van der Waals surface area contributed by atoms with E-state index in [2.05, 4.69) is 0 Å². The van der Waals surface area contributed by atoms with E-state index < -0.39 is 27.9 Å². The van der Waals surface area contributed by atoms with Crippen LogP contribution < -0.4 is 0 Å². The SMILES string of the molecule is N#Cc1ccc(S(=O)(=O)N2CCN(CN3C(=O)C(=O)N(Cc4cccs4)C3=O)CC2)cc1. The van der Waals surface area contributed by atoms with Crippen LogP contribution in [0.1, 0.15) is 10.4 Å². The molecule has 0 saturated carbocycles. The van der Waals surface area contributed by atoms with Gasteiger partial charge in [0.05, 0.1) is 29.7 Å². The van der Waals surface area contributed by atoms with E-state index in [1.807, 2.05) is 11.4 Å². The number of piperazine rings is 1. The van der Waals surface area contributed by atoms with Crippen LogP contribution in [-0.2, 0) is 26.2 Å². The molecule has 0 atom stereocenters. The van der Waals surface area contributed by atoms with E-state index in [9.17, 15) is 22.8 Å². The number of carbonyl (C=O) groups is 3. The first-order valence-electron chi connectivity index (χ1n) is 9.73. The number of carbonyl (C=O) groups excluding carboxylic acids is 3. The van der Waals surface area contributed by atoms with E-state index in [-0.39, 0.29) is 31.2 Å². The van der Waals surface area contributed by atoms with Crippen molar-refractivity contribution in [3.63, 3.8) is 0 Å². The Hall–Kier alpha value is -3.11. The monoisotopic (exact) mass is 473 g/mol. The number of imide groups is 2. The molecule has 166 valence electrons. The molecule has 2 fully saturated rings. The lowest BCUT2D eigenvalue weighted by Crippen LogP contribution is -2.52. The minimum atomic E-state index is -3.72. The molecule has 2 aliphatic rings. The summed E-state index contributed by atoms with van der Waals surface area (Å²) in [6.45, 7) is 0.914. The zero-order valence-corrected chi connectivity index (χ0v) is 18.5. The van der Waals surface area contributed by atoms with E-state index in [4.69, 9.17) is 5.26 Å². The van der Waals surface area contributed by atoms with Crippen LogP contribution in [0.5, 0.6) is 0 Å². The molecule has 3 heterocycles. The predicted molar refractivity (Wildman–Crippen MR) is 113 cm³/mol. The first-order chi connectivity index (χ1) is 15.3. The maximum atomic E-state index is 12.8. The largest absolute Gasteiger partial charge is 0.335 e. The Labute approximate surface area is 188 Å². The number of nitriles is 1. The molecule has 0 N–H and O–H groups in total. The molecule has 0 spiro atoms. The molecular formula is C20H19N5O5S2. The Morgan fingerprint density at radius 3 is 2.19 bits per heavy atom. The molecule has 1 aromatic carbocycles. The standard InChI is InChI=1S/C20H19N5O5S2/c21-12-15-3-5-17(6-4-15)32(29,30)23-9-7-22(8-10-23)14-25-19(27)18(26)24(20(25)28)13-16-2-1-11-31-16/h1-6,11H,7-10,13-14H2. The van der Waals surface area contributed by atoms with E-state index >= 15 is 0 Å². The van der Waals surface area contributed by atoms with Crippen molar-refractivity contribution in [3.05, 3.63) is 52.2 Å². The summed E-state index contributed by atoms with van der Waals surface area (Å²) in [5.41, 5.74) is 0.372. The van der Waals surface area contributed by atoms with E-state index in [0.717, 1.165) is 14.7 Å². The molecule has 4 amide bonds. The summed E-state index contributed by atoms with van der Waals surface area (Å²) < 4.78 is 27.0. The van der Waals surface area contributed by atoms with Gasteiger partial charge in [0.2, 0.25) is 10.0 Å². The maximum absolute atomic E-state index is 12.8. The van der Waals surface area contributed by atoms with Gasteiger partial charge < -0.3 is 0 Å². The Kier molecular flexibility index (Phi) is 6.07. The van der Waals surface area contributed by atoms with Crippen molar-refractivity contribution in [3.8, 4) is 6.07 Å². The van der Waals surface area contributed by atoms with Crippen molar-refractivity contribution in [1.82, 2.24) is 19.0 Å². The average molecular weight is 474 g/mol. The van der Waals surface area contributed by atoms with Crippen LogP contribution in [0.15, 0.2) is 46.7 Å². The number of hydrogen-bond donors (Lipinski definition) is 0. The van der Waals surface area contributed by atoms with Crippen LogP contribution in [0.4, 0.5) is 4.79 Å². The van der Waals surface area contributed by atoms with Crippen molar-refractivity contribution in [2.45, 2.75) is 11.4 Å². The average Bonchev–Trinajstić information content (AvgIpc) is 3.39. The second-order valence-electron chi connectivity index (χ2n) is 7.29. The predicted octanol–water partition coefficient (Wildman–Crippen LogP) is 0.875. The van der Waals surface area contributed by atoms with Crippen molar-refractivity contribution in [1.29, 1.82) is 5.26 Å². The minimum Gasteiger partial charge on any atom is -0.283 e. The number of urea groups is 1. The fourth-order valence-corrected chi connectivity index (χ4v) is 5.65. The zero-order valence-electron chi connectivity index (χ0n) is 16.9. The van der Waals surface area contributed by atoms with E-state index in [0.29, 0.717) is 18.7 Å². The van der Waals surface area contributed by atoms with Gasteiger partial charge in [0, 0.05) is 31.1 Å². The Balaban J connectivity index is 1.37. The molecule has 0 radical (unpaired) electrons. The minimum absolute atomic E-state index is 0.0498. The third kappa shape index (κ3) is 4.15. The fraction of sp³-hybridized carbons (Fsp3) is 0.300. The first-order valence-corrected chi connectivity index (χ1v) is 12.1. The highest BCUT2D eigenvalue weighted by molar-refractivity contribution is 7.89. The van der Waals surface area contributed by atoms with Gasteiger partial charge in [-0.3, -0.25) is 19.4 Å². The zero-order chi connectivity index (χ0) is 22.9. The highest BCUT2D eigenvalue weighted by Gasteiger charge is 2.45. The lowest BCUT2D eigenvalue weighted by molar-refractivity contribution is -0.144. The van der Waals surface area contributed by atoms with Crippen LogP contribution in [0.25, 0.3) is 0 Å².